The molecule has 74 valence electrons. The van der Waals surface area contributed by atoms with E-state index in [1.807, 2.05) is 0 Å². The van der Waals surface area contributed by atoms with Crippen LogP contribution in [0.4, 0.5) is 5.95 Å². The quantitative estimate of drug-likeness (QED) is 0.746. The number of aromatic nitrogens is 2. The van der Waals surface area contributed by atoms with E-state index in [0.717, 1.165) is 5.56 Å². The number of hydrogen-bond donors (Lipinski definition) is 2. The first-order valence-electron chi connectivity index (χ1n) is 4.10. The Hall–Kier alpha value is -1.91. The molecule has 0 radical (unpaired) electrons. The molecule has 0 saturated carbocycles. The SMILES string of the molecule is CNc1ncc(C=CCC(=O)O)cn1. The largest absolute Gasteiger partial charge is 0.481 e. The van der Waals surface area contributed by atoms with Crippen molar-refractivity contribution in [3.63, 3.8) is 0 Å². The molecule has 14 heavy (non-hydrogen) atoms. The molecule has 1 aromatic heterocycles. The van der Waals surface area contributed by atoms with Crippen LogP contribution >= 0.6 is 0 Å². The zero-order valence-corrected chi connectivity index (χ0v) is 7.77. The minimum Gasteiger partial charge on any atom is -0.481 e. The molecule has 1 heterocycles. The minimum atomic E-state index is -0.853. The molecule has 5 nitrogen and oxygen atoms in total. The van der Waals surface area contributed by atoms with Crippen molar-refractivity contribution in [2.45, 2.75) is 6.42 Å². The van der Waals surface area contributed by atoms with Gasteiger partial charge in [-0.05, 0) is 0 Å². The van der Waals surface area contributed by atoms with Gasteiger partial charge in [0.15, 0.2) is 0 Å². The van der Waals surface area contributed by atoms with Crippen LogP contribution in [0.25, 0.3) is 6.08 Å². The summed E-state index contributed by atoms with van der Waals surface area (Å²) in [5, 5.41) is 11.2. The van der Waals surface area contributed by atoms with E-state index in [0.29, 0.717) is 5.95 Å². The molecule has 0 aliphatic rings. The van der Waals surface area contributed by atoms with Crippen molar-refractivity contribution in [1.82, 2.24) is 9.97 Å². The van der Waals surface area contributed by atoms with Crippen molar-refractivity contribution in [2.24, 2.45) is 0 Å². The third-order valence-electron chi connectivity index (χ3n) is 1.50. The van der Waals surface area contributed by atoms with Gasteiger partial charge in [0.25, 0.3) is 0 Å². The number of hydrogen-bond acceptors (Lipinski definition) is 4. The second-order valence-electron chi connectivity index (χ2n) is 2.59. The van der Waals surface area contributed by atoms with E-state index >= 15 is 0 Å². The molecule has 0 bridgehead atoms. The predicted molar refractivity (Wildman–Crippen MR) is 52.9 cm³/mol. The Morgan fingerprint density at radius 3 is 2.71 bits per heavy atom. The number of aliphatic carboxylic acids is 1. The number of nitrogens with zero attached hydrogens (tertiary/aromatic N) is 2. The van der Waals surface area contributed by atoms with Crippen molar-refractivity contribution in [1.29, 1.82) is 0 Å². The molecule has 0 saturated heterocycles. The lowest BCUT2D eigenvalue weighted by Crippen LogP contribution is -1.95. The summed E-state index contributed by atoms with van der Waals surface area (Å²) in [4.78, 5) is 18.1. The highest BCUT2D eigenvalue weighted by atomic mass is 16.4. The Bertz CT molecular complexity index is 332. The Kier molecular flexibility index (Phi) is 3.60. The molecule has 0 amide bonds. The van der Waals surface area contributed by atoms with E-state index in [1.54, 1.807) is 31.6 Å². The highest BCUT2D eigenvalue weighted by Crippen LogP contribution is 2.02. The van der Waals surface area contributed by atoms with Crippen molar-refractivity contribution in [3.8, 4) is 0 Å². The number of anilines is 1. The summed E-state index contributed by atoms with van der Waals surface area (Å²) in [6.45, 7) is 0. The average molecular weight is 193 g/mol. The van der Waals surface area contributed by atoms with E-state index in [-0.39, 0.29) is 6.42 Å². The molecular weight excluding hydrogens is 182 g/mol. The molecule has 0 unspecified atom stereocenters. The third kappa shape index (κ3) is 3.22. The van der Waals surface area contributed by atoms with Crippen molar-refractivity contribution >= 4 is 18.0 Å². The summed E-state index contributed by atoms with van der Waals surface area (Å²) < 4.78 is 0. The maximum absolute atomic E-state index is 10.2. The standard InChI is InChI=1S/C9H11N3O2/c1-10-9-11-5-7(6-12-9)3-2-4-8(13)14/h2-3,5-6H,4H2,1H3,(H,13,14)(H,10,11,12). The van der Waals surface area contributed by atoms with Crippen LogP contribution in [0.15, 0.2) is 18.5 Å². The molecular formula is C9H11N3O2. The third-order valence-corrected chi connectivity index (χ3v) is 1.50. The van der Waals surface area contributed by atoms with Crippen LogP contribution in [0, 0.1) is 0 Å². The Morgan fingerprint density at radius 2 is 2.21 bits per heavy atom. The van der Waals surface area contributed by atoms with E-state index in [4.69, 9.17) is 5.11 Å². The maximum atomic E-state index is 10.2. The lowest BCUT2D eigenvalue weighted by Gasteiger charge is -1.96. The van der Waals surface area contributed by atoms with Gasteiger partial charge in [-0.1, -0.05) is 12.2 Å². The molecule has 0 fully saturated rings. The highest BCUT2D eigenvalue weighted by molar-refractivity contribution is 5.70. The fraction of sp³-hybridized carbons (Fsp3) is 0.222. The number of carbonyl (C=O) groups is 1. The molecule has 2 N–H and O–H groups in total. The van der Waals surface area contributed by atoms with Gasteiger partial charge in [-0.15, -0.1) is 0 Å². The molecule has 0 aromatic carbocycles. The summed E-state index contributed by atoms with van der Waals surface area (Å²) in [6.07, 6.45) is 6.48. The van der Waals surface area contributed by atoms with E-state index in [2.05, 4.69) is 15.3 Å². The first-order valence-corrected chi connectivity index (χ1v) is 4.10. The fourth-order valence-electron chi connectivity index (χ4n) is 0.849. The number of rotatable bonds is 4. The van der Waals surface area contributed by atoms with Gasteiger partial charge in [0, 0.05) is 25.0 Å². The lowest BCUT2D eigenvalue weighted by atomic mass is 10.3. The van der Waals surface area contributed by atoms with E-state index in [1.165, 1.54) is 0 Å². The minimum absolute atomic E-state index is 0.00772. The summed E-state index contributed by atoms with van der Waals surface area (Å²) >= 11 is 0. The molecule has 5 heteroatoms. The van der Waals surface area contributed by atoms with Gasteiger partial charge in [-0.3, -0.25) is 4.79 Å². The van der Waals surface area contributed by atoms with E-state index in [9.17, 15) is 4.79 Å². The van der Waals surface area contributed by atoms with Crippen molar-refractivity contribution < 1.29 is 9.90 Å². The van der Waals surface area contributed by atoms with Crippen LogP contribution in [0.2, 0.25) is 0 Å². The number of carboxylic acid groups (broad SMARTS) is 1. The first kappa shape index (κ1) is 10.2. The topological polar surface area (TPSA) is 75.1 Å². The smallest absolute Gasteiger partial charge is 0.307 e. The van der Waals surface area contributed by atoms with Gasteiger partial charge in [0.1, 0.15) is 0 Å². The summed E-state index contributed by atoms with van der Waals surface area (Å²) in [5.41, 5.74) is 0.783. The normalized spacial score (nSPS) is 10.4. The fourth-order valence-corrected chi connectivity index (χ4v) is 0.849. The summed E-state index contributed by atoms with van der Waals surface area (Å²) in [5.74, 6) is -0.311. The Labute approximate surface area is 81.5 Å². The predicted octanol–water partition coefficient (Wildman–Crippen LogP) is 1.01. The van der Waals surface area contributed by atoms with Crippen LogP contribution < -0.4 is 5.32 Å². The van der Waals surface area contributed by atoms with E-state index < -0.39 is 5.97 Å². The summed E-state index contributed by atoms with van der Waals surface area (Å²) in [6, 6.07) is 0. The Morgan fingerprint density at radius 1 is 1.57 bits per heavy atom. The average Bonchev–Trinajstić information content (AvgIpc) is 2.18. The van der Waals surface area contributed by atoms with Crippen LogP contribution in [-0.4, -0.2) is 28.1 Å². The number of carboxylic acids is 1. The molecule has 0 aliphatic heterocycles. The van der Waals surface area contributed by atoms with Crippen LogP contribution in [0.5, 0.6) is 0 Å². The molecule has 0 aliphatic carbocycles. The van der Waals surface area contributed by atoms with Crippen LogP contribution in [-0.2, 0) is 4.79 Å². The highest BCUT2D eigenvalue weighted by Gasteiger charge is 1.92. The summed E-state index contributed by atoms with van der Waals surface area (Å²) in [7, 11) is 1.73. The van der Waals surface area contributed by atoms with Gasteiger partial charge >= 0.3 is 5.97 Å². The monoisotopic (exact) mass is 193 g/mol. The van der Waals surface area contributed by atoms with Gasteiger partial charge in [-0.2, -0.15) is 0 Å². The van der Waals surface area contributed by atoms with Crippen molar-refractivity contribution in [3.05, 3.63) is 24.0 Å². The lowest BCUT2D eigenvalue weighted by molar-refractivity contribution is -0.135. The maximum Gasteiger partial charge on any atom is 0.307 e. The van der Waals surface area contributed by atoms with Crippen LogP contribution in [0.1, 0.15) is 12.0 Å². The molecule has 1 rings (SSSR count). The Balaban J connectivity index is 2.59. The first-order chi connectivity index (χ1) is 6.72. The van der Waals surface area contributed by atoms with Gasteiger partial charge in [0.05, 0.1) is 6.42 Å². The molecule has 0 spiro atoms. The zero-order valence-electron chi connectivity index (χ0n) is 7.77. The molecule has 1 aromatic rings. The zero-order chi connectivity index (χ0) is 10.4. The second-order valence-corrected chi connectivity index (χ2v) is 2.59. The number of nitrogens with one attached hydrogen (secondary N) is 1. The second kappa shape index (κ2) is 4.96. The van der Waals surface area contributed by atoms with Crippen molar-refractivity contribution in [2.75, 3.05) is 12.4 Å². The van der Waals surface area contributed by atoms with Crippen LogP contribution in [0.3, 0.4) is 0 Å². The van der Waals surface area contributed by atoms with Gasteiger partial charge < -0.3 is 10.4 Å². The van der Waals surface area contributed by atoms with Gasteiger partial charge in [-0.25, -0.2) is 9.97 Å². The molecule has 0 atom stereocenters. The van der Waals surface area contributed by atoms with Gasteiger partial charge in [0.2, 0.25) is 5.95 Å².